The van der Waals surface area contributed by atoms with Crippen LogP contribution in [0.25, 0.3) is 0 Å². The third-order valence-corrected chi connectivity index (χ3v) is 5.32. The summed E-state index contributed by atoms with van der Waals surface area (Å²) in [7, 11) is 0. The lowest BCUT2D eigenvalue weighted by Crippen LogP contribution is -2.57. The molecule has 2 fully saturated rings. The zero-order chi connectivity index (χ0) is 18.6. The summed E-state index contributed by atoms with van der Waals surface area (Å²) in [6, 6.07) is 0. The maximum Gasteiger partial charge on any atom is 0.314 e. The summed E-state index contributed by atoms with van der Waals surface area (Å²) >= 11 is 0.973. The Morgan fingerprint density at radius 1 is 1.36 bits per heavy atom. The van der Waals surface area contributed by atoms with E-state index in [1.165, 1.54) is 4.90 Å². The Kier molecular flexibility index (Phi) is 6.07. The number of amides is 1. The van der Waals surface area contributed by atoms with Crippen molar-refractivity contribution in [1.82, 2.24) is 13.6 Å². The van der Waals surface area contributed by atoms with Crippen molar-refractivity contribution in [3.05, 3.63) is 11.4 Å². The first-order chi connectivity index (χ1) is 11.9. The Morgan fingerprint density at radius 3 is 2.48 bits per heavy atom. The molecule has 25 heavy (non-hydrogen) atoms. The van der Waals surface area contributed by atoms with E-state index >= 15 is 0 Å². The van der Waals surface area contributed by atoms with Crippen LogP contribution in [0.3, 0.4) is 0 Å². The predicted octanol–water partition coefficient (Wildman–Crippen LogP) is 0.625. The first-order valence-corrected chi connectivity index (χ1v) is 8.66. The first-order valence-electron chi connectivity index (χ1n) is 7.93. The van der Waals surface area contributed by atoms with Crippen molar-refractivity contribution < 1.29 is 29.7 Å². The molecule has 1 aromatic heterocycles. The summed E-state index contributed by atoms with van der Waals surface area (Å²) < 4.78 is 8.00. The molecule has 1 amide bonds. The van der Waals surface area contributed by atoms with Crippen LogP contribution in [-0.2, 0) is 9.59 Å². The number of aryl methyl sites for hydroxylation is 1. The molecule has 0 bridgehead atoms. The van der Waals surface area contributed by atoms with Crippen molar-refractivity contribution in [1.29, 1.82) is 0 Å². The molecule has 2 aliphatic rings. The maximum absolute atomic E-state index is 12.6. The Balaban J connectivity index is 0.000000701. The van der Waals surface area contributed by atoms with Crippen LogP contribution >= 0.6 is 11.7 Å². The summed E-state index contributed by atoms with van der Waals surface area (Å²) in [4.78, 5) is 34.3. The summed E-state index contributed by atoms with van der Waals surface area (Å²) in [6.45, 7) is 1.84. The van der Waals surface area contributed by atoms with Crippen LogP contribution in [0.2, 0.25) is 0 Å². The van der Waals surface area contributed by atoms with E-state index in [4.69, 9.17) is 9.90 Å². The minimum atomic E-state index is -1.26. The van der Waals surface area contributed by atoms with Gasteiger partial charge < -0.3 is 20.2 Å². The van der Waals surface area contributed by atoms with E-state index in [9.17, 15) is 19.8 Å². The Morgan fingerprint density at radius 2 is 2.00 bits per heavy atom. The number of piperidine rings is 1. The highest BCUT2D eigenvalue weighted by Gasteiger charge is 2.52. The average Bonchev–Trinajstić information content (AvgIpc) is 3.27. The quantitative estimate of drug-likeness (QED) is 0.654. The van der Waals surface area contributed by atoms with Crippen LogP contribution < -0.4 is 0 Å². The first kappa shape index (κ1) is 19.3. The summed E-state index contributed by atoms with van der Waals surface area (Å²) in [5.41, 5.74) is -0.414. The second kappa shape index (κ2) is 7.87. The standard InChI is InChI=1S/C14H19N3O4S.CH2O2/c1-8-11(16-22-15-8)12(19)17-5-4-10(18)14(7-17,13(20)21)6-9-2-3-9;2-1-3/h9-10,18H,2-7H2,1H3,(H,20,21);1H,(H,2,3)/t10-,14+;/m0./s1. The topological polar surface area (TPSA) is 141 Å². The molecule has 9 nitrogen and oxygen atoms in total. The van der Waals surface area contributed by atoms with Crippen LogP contribution in [0, 0.1) is 18.3 Å². The van der Waals surface area contributed by atoms with E-state index in [1.54, 1.807) is 6.92 Å². The van der Waals surface area contributed by atoms with Gasteiger partial charge in [0.15, 0.2) is 5.69 Å². The molecule has 1 aromatic rings. The molecule has 0 unspecified atom stereocenters. The lowest BCUT2D eigenvalue weighted by atomic mass is 9.73. The molecule has 0 aromatic carbocycles. The smallest absolute Gasteiger partial charge is 0.314 e. The highest BCUT2D eigenvalue weighted by Crippen LogP contribution is 2.45. The van der Waals surface area contributed by atoms with E-state index in [0.717, 1.165) is 24.6 Å². The van der Waals surface area contributed by atoms with Gasteiger partial charge in [0.05, 0.1) is 23.5 Å². The number of aliphatic hydroxyl groups excluding tert-OH is 1. The number of aliphatic carboxylic acids is 1. The molecule has 3 N–H and O–H groups in total. The highest BCUT2D eigenvalue weighted by atomic mass is 32.1. The molecular weight excluding hydrogens is 350 g/mol. The lowest BCUT2D eigenvalue weighted by Gasteiger charge is -2.43. The molecule has 0 radical (unpaired) electrons. The predicted molar refractivity (Wildman–Crippen MR) is 87.3 cm³/mol. The number of aliphatic hydroxyl groups is 1. The number of aromatic nitrogens is 2. The fourth-order valence-corrected chi connectivity index (χ4v) is 3.70. The maximum atomic E-state index is 12.6. The van der Waals surface area contributed by atoms with Gasteiger partial charge >= 0.3 is 5.97 Å². The zero-order valence-corrected chi connectivity index (χ0v) is 14.6. The third kappa shape index (κ3) is 4.13. The van der Waals surface area contributed by atoms with E-state index in [1.807, 2.05) is 0 Å². The number of likely N-dealkylation sites (tertiary alicyclic amines) is 1. The fourth-order valence-electron chi connectivity index (χ4n) is 3.16. The van der Waals surface area contributed by atoms with Crippen molar-refractivity contribution in [3.63, 3.8) is 0 Å². The summed E-state index contributed by atoms with van der Waals surface area (Å²) in [6.07, 6.45) is 1.81. The highest BCUT2D eigenvalue weighted by molar-refractivity contribution is 6.99. The number of hydrogen-bond donors (Lipinski definition) is 3. The van der Waals surface area contributed by atoms with Gasteiger partial charge in [-0.15, -0.1) is 0 Å². The molecule has 3 rings (SSSR count). The van der Waals surface area contributed by atoms with Gasteiger partial charge in [0.1, 0.15) is 5.41 Å². The van der Waals surface area contributed by atoms with Gasteiger partial charge in [0.25, 0.3) is 12.4 Å². The van der Waals surface area contributed by atoms with Crippen molar-refractivity contribution in [2.45, 2.75) is 38.7 Å². The van der Waals surface area contributed by atoms with Gasteiger partial charge in [-0.2, -0.15) is 8.75 Å². The van der Waals surface area contributed by atoms with Gasteiger partial charge in [0.2, 0.25) is 0 Å². The van der Waals surface area contributed by atoms with E-state index < -0.39 is 17.5 Å². The second-order valence-corrected chi connectivity index (χ2v) is 6.97. The van der Waals surface area contributed by atoms with Gasteiger partial charge in [0, 0.05) is 13.1 Å². The lowest BCUT2D eigenvalue weighted by molar-refractivity contribution is -0.163. The molecule has 0 spiro atoms. The van der Waals surface area contributed by atoms with Gasteiger partial charge in [-0.3, -0.25) is 14.4 Å². The number of nitrogens with zero attached hydrogens (tertiary/aromatic N) is 3. The van der Waals surface area contributed by atoms with Crippen LogP contribution in [-0.4, -0.2) is 66.5 Å². The van der Waals surface area contributed by atoms with E-state index in [-0.39, 0.29) is 31.0 Å². The largest absolute Gasteiger partial charge is 0.483 e. The zero-order valence-electron chi connectivity index (χ0n) is 13.8. The molecular formula is C15H21N3O6S. The van der Waals surface area contributed by atoms with Crippen molar-refractivity contribution in [3.8, 4) is 0 Å². The summed E-state index contributed by atoms with van der Waals surface area (Å²) in [5, 5.41) is 26.9. The van der Waals surface area contributed by atoms with Gasteiger partial charge in [-0.1, -0.05) is 12.8 Å². The fraction of sp³-hybridized carbons (Fsp3) is 0.667. The van der Waals surface area contributed by atoms with Crippen LogP contribution in [0.1, 0.15) is 41.9 Å². The average molecular weight is 371 g/mol. The number of rotatable bonds is 4. The van der Waals surface area contributed by atoms with Crippen LogP contribution in [0.5, 0.6) is 0 Å². The minimum Gasteiger partial charge on any atom is -0.483 e. The van der Waals surface area contributed by atoms with Crippen molar-refractivity contribution >= 4 is 30.1 Å². The molecule has 138 valence electrons. The number of carboxylic acids is 1. The van der Waals surface area contributed by atoms with Gasteiger partial charge in [-0.25, -0.2) is 0 Å². The van der Waals surface area contributed by atoms with Gasteiger partial charge in [-0.05, 0) is 25.7 Å². The Bertz CT molecular complexity index is 647. The second-order valence-electron chi connectivity index (χ2n) is 6.44. The number of carboxylic acid groups (broad SMARTS) is 2. The summed E-state index contributed by atoms with van der Waals surface area (Å²) in [5.74, 6) is -0.958. The number of hydrogen-bond acceptors (Lipinski definition) is 7. The molecule has 1 aliphatic heterocycles. The number of carbonyl (C=O) groups excluding carboxylic acids is 1. The molecule has 1 saturated heterocycles. The van der Waals surface area contributed by atoms with Crippen molar-refractivity contribution in [2.75, 3.05) is 13.1 Å². The third-order valence-electron chi connectivity index (χ3n) is 4.70. The monoisotopic (exact) mass is 371 g/mol. The Labute approximate surface area is 148 Å². The SMILES string of the molecule is Cc1nsnc1C(=O)N1CC[C@H](O)[C@](CC2CC2)(C(=O)O)C1.O=CO. The van der Waals surface area contributed by atoms with E-state index in [0.29, 0.717) is 24.6 Å². The molecule has 1 saturated carbocycles. The molecule has 2 atom stereocenters. The van der Waals surface area contributed by atoms with Crippen molar-refractivity contribution in [2.24, 2.45) is 11.3 Å². The van der Waals surface area contributed by atoms with Crippen LogP contribution in [0.15, 0.2) is 0 Å². The minimum absolute atomic E-state index is 0.0375. The molecule has 1 aliphatic carbocycles. The molecule has 10 heteroatoms. The molecule has 2 heterocycles. The number of carbonyl (C=O) groups is 3. The van der Waals surface area contributed by atoms with E-state index in [2.05, 4.69) is 8.75 Å². The normalized spacial score (nSPS) is 25.7. The van der Waals surface area contributed by atoms with Crippen LogP contribution in [0.4, 0.5) is 0 Å². The Hall–Kier alpha value is -2.07.